The molecule has 3 N–H and O–H groups in total. The third kappa shape index (κ3) is 6.18. The molecule has 0 aliphatic carbocycles. The third-order valence-corrected chi connectivity index (χ3v) is 2.68. The summed E-state index contributed by atoms with van der Waals surface area (Å²) >= 11 is 3.25. The molecule has 0 saturated heterocycles. The molecule has 0 spiro atoms. The summed E-state index contributed by atoms with van der Waals surface area (Å²) in [6.45, 7) is 1.26. The van der Waals surface area contributed by atoms with Crippen LogP contribution in [-0.2, 0) is 11.3 Å². The van der Waals surface area contributed by atoms with Crippen LogP contribution >= 0.6 is 28.3 Å². The second kappa shape index (κ2) is 9.13. The number of unbranched alkanes of at least 4 members (excludes halogenated alkanes) is 1. The maximum absolute atomic E-state index is 11.5. The Morgan fingerprint density at radius 2 is 2.11 bits per heavy atom. The van der Waals surface area contributed by atoms with Crippen molar-refractivity contribution in [3.63, 3.8) is 0 Å². The minimum Gasteiger partial charge on any atom is -0.355 e. The molecule has 5 nitrogen and oxygen atoms in total. The number of halogens is 2. The first-order valence-electron chi connectivity index (χ1n) is 5.46. The van der Waals surface area contributed by atoms with Gasteiger partial charge in [-0.3, -0.25) is 9.59 Å². The highest BCUT2D eigenvalue weighted by molar-refractivity contribution is 9.10. The number of hydrogen-bond acceptors (Lipinski definition) is 3. The van der Waals surface area contributed by atoms with Gasteiger partial charge in [0.25, 0.3) is 5.56 Å². The lowest BCUT2D eigenvalue weighted by molar-refractivity contribution is -0.121. The van der Waals surface area contributed by atoms with Gasteiger partial charge in [0.05, 0.1) is 0 Å². The van der Waals surface area contributed by atoms with Crippen molar-refractivity contribution in [3.05, 3.63) is 33.2 Å². The zero-order chi connectivity index (χ0) is 12.7. The van der Waals surface area contributed by atoms with E-state index in [4.69, 9.17) is 5.73 Å². The van der Waals surface area contributed by atoms with E-state index in [0.29, 0.717) is 13.1 Å². The molecular weight excluding hydrogens is 321 g/mol. The van der Waals surface area contributed by atoms with Crippen LogP contribution in [0.2, 0.25) is 0 Å². The first-order chi connectivity index (χ1) is 8.13. The van der Waals surface area contributed by atoms with E-state index in [2.05, 4.69) is 21.2 Å². The maximum atomic E-state index is 11.5. The van der Waals surface area contributed by atoms with Crippen molar-refractivity contribution in [2.45, 2.75) is 19.4 Å². The number of pyridine rings is 1. The molecular formula is C11H17BrClN3O2. The van der Waals surface area contributed by atoms with Crippen molar-refractivity contribution in [1.29, 1.82) is 0 Å². The van der Waals surface area contributed by atoms with Gasteiger partial charge in [-0.15, -0.1) is 12.4 Å². The van der Waals surface area contributed by atoms with Crippen LogP contribution in [0.25, 0.3) is 0 Å². The molecule has 0 fully saturated rings. The fourth-order valence-electron chi connectivity index (χ4n) is 1.33. The van der Waals surface area contributed by atoms with Crippen LogP contribution in [0.15, 0.2) is 27.6 Å². The lowest BCUT2D eigenvalue weighted by atomic mass is 10.3. The Labute approximate surface area is 120 Å². The number of nitrogens with zero attached hydrogens (tertiary/aromatic N) is 1. The number of hydrogen-bond donors (Lipinski definition) is 2. The number of aromatic nitrogens is 1. The Hall–Kier alpha value is -0.850. The Kier molecular flexibility index (Phi) is 8.70. The smallest absolute Gasteiger partial charge is 0.251 e. The Bertz CT molecular complexity index is 437. The van der Waals surface area contributed by atoms with Crippen molar-refractivity contribution < 1.29 is 4.79 Å². The summed E-state index contributed by atoms with van der Waals surface area (Å²) in [6.07, 6.45) is 3.34. The summed E-state index contributed by atoms with van der Waals surface area (Å²) in [5.74, 6) is -0.165. The number of amides is 1. The Morgan fingerprint density at radius 3 is 2.78 bits per heavy atom. The van der Waals surface area contributed by atoms with Crippen molar-refractivity contribution >= 4 is 34.2 Å². The second-order valence-electron chi connectivity index (χ2n) is 3.66. The number of carbonyl (C=O) groups is 1. The van der Waals surface area contributed by atoms with E-state index in [0.717, 1.165) is 17.3 Å². The third-order valence-electron chi connectivity index (χ3n) is 2.21. The molecule has 1 rings (SSSR count). The van der Waals surface area contributed by atoms with Crippen LogP contribution < -0.4 is 16.6 Å². The summed E-state index contributed by atoms with van der Waals surface area (Å²) in [5, 5.41) is 2.74. The molecule has 1 amide bonds. The van der Waals surface area contributed by atoms with Crippen LogP contribution in [0.1, 0.15) is 12.8 Å². The van der Waals surface area contributed by atoms with Crippen molar-refractivity contribution in [2.75, 3.05) is 13.1 Å². The monoisotopic (exact) mass is 337 g/mol. The molecule has 1 aromatic rings. The number of carbonyl (C=O) groups excluding carboxylic acids is 1. The van der Waals surface area contributed by atoms with Gasteiger partial charge in [0.1, 0.15) is 6.54 Å². The van der Waals surface area contributed by atoms with Gasteiger partial charge in [0, 0.05) is 23.3 Å². The molecule has 0 atom stereocenters. The van der Waals surface area contributed by atoms with Gasteiger partial charge in [-0.1, -0.05) is 0 Å². The molecule has 0 unspecified atom stereocenters. The van der Waals surface area contributed by atoms with Gasteiger partial charge >= 0.3 is 0 Å². The second-order valence-corrected chi connectivity index (χ2v) is 4.57. The molecule has 0 radical (unpaired) electrons. The first-order valence-corrected chi connectivity index (χ1v) is 6.25. The average molecular weight is 339 g/mol. The van der Waals surface area contributed by atoms with E-state index in [9.17, 15) is 9.59 Å². The predicted molar refractivity (Wildman–Crippen MR) is 76.9 cm³/mol. The minimum absolute atomic E-state index is 0. The summed E-state index contributed by atoms with van der Waals surface area (Å²) < 4.78 is 2.13. The largest absolute Gasteiger partial charge is 0.355 e. The van der Waals surface area contributed by atoms with Gasteiger partial charge in [-0.05, 0) is 41.4 Å². The van der Waals surface area contributed by atoms with Gasteiger partial charge in [-0.2, -0.15) is 0 Å². The van der Waals surface area contributed by atoms with Crippen LogP contribution in [0.4, 0.5) is 0 Å². The molecule has 1 aromatic heterocycles. The zero-order valence-corrected chi connectivity index (χ0v) is 12.3. The summed E-state index contributed by atoms with van der Waals surface area (Å²) in [5.41, 5.74) is 5.15. The molecule has 7 heteroatoms. The highest BCUT2D eigenvalue weighted by atomic mass is 79.9. The van der Waals surface area contributed by atoms with E-state index >= 15 is 0 Å². The molecule has 102 valence electrons. The van der Waals surface area contributed by atoms with Gasteiger partial charge < -0.3 is 15.6 Å². The molecule has 1 heterocycles. The maximum Gasteiger partial charge on any atom is 0.251 e. The molecule has 0 aliphatic heterocycles. The normalized spacial score (nSPS) is 9.67. The summed E-state index contributed by atoms with van der Waals surface area (Å²) in [4.78, 5) is 23.0. The Balaban J connectivity index is 0.00000289. The van der Waals surface area contributed by atoms with Crippen LogP contribution in [0.3, 0.4) is 0 Å². The molecule has 0 bridgehead atoms. The van der Waals surface area contributed by atoms with E-state index in [1.165, 1.54) is 10.6 Å². The number of nitrogens with two attached hydrogens (primary N) is 1. The minimum atomic E-state index is -0.190. The quantitative estimate of drug-likeness (QED) is 0.756. The van der Waals surface area contributed by atoms with Crippen molar-refractivity contribution in [3.8, 4) is 0 Å². The summed E-state index contributed by atoms with van der Waals surface area (Å²) in [6, 6.07) is 3.07. The Morgan fingerprint density at radius 1 is 1.39 bits per heavy atom. The van der Waals surface area contributed by atoms with E-state index in [1.54, 1.807) is 12.3 Å². The average Bonchev–Trinajstić information content (AvgIpc) is 2.29. The van der Waals surface area contributed by atoms with Crippen molar-refractivity contribution in [1.82, 2.24) is 9.88 Å². The molecule has 0 aromatic carbocycles. The molecule has 0 saturated carbocycles. The van der Waals surface area contributed by atoms with Crippen LogP contribution in [0.5, 0.6) is 0 Å². The highest BCUT2D eigenvalue weighted by Crippen LogP contribution is 2.04. The fraction of sp³-hybridized carbons (Fsp3) is 0.455. The standard InChI is InChI=1S/C11H16BrN3O2.ClH/c12-9-3-4-11(17)15(7-9)8-10(16)14-6-2-1-5-13;/h3-4,7H,1-2,5-6,8,13H2,(H,14,16);1H. The van der Waals surface area contributed by atoms with Crippen LogP contribution in [0, 0.1) is 0 Å². The van der Waals surface area contributed by atoms with E-state index < -0.39 is 0 Å². The number of rotatable bonds is 6. The number of nitrogens with one attached hydrogen (secondary N) is 1. The topological polar surface area (TPSA) is 77.1 Å². The van der Waals surface area contributed by atoms with E-state index in [-0.39, 0.29) is 30.4 Å². The predicted octanol–water partition coefficient (Wildman–Crippen LogP) is 0.888. The molecule has 0 aliphatic rings. The SMILES string of the molecule is Cl.NCCCCNC(=O)Cn1cc(Br)ccc1=O. The summed E-state index contributed by atoms with van der Waals surface area (Å²) in [7, 11) is 0. The van der Waals surface area contributed by atoms with Crippen molar-refractivity contribution in [2.24, 2.45) is 5.73 Å². The molecule has 18 heavy (non-hydrogen) atoms. The van der Waals surface area contributed by atoms with Gasteiger partial charge in [0.15, 0.2) is 0 Å². The highest BCUT2D eigenvalue weighted by Gasteiger charge is 2.03. The van der Waals surface area contributed by atoms with E-state index in [1.807, 2.05) is 0 Å². The fourth-order valence-corrected chi connectivity index (χ4v) is 1.71. The first kappa shape index (κ1) is 17.2. The van der Waals surface area contributed by atoms with Crippen LogP contribution in [-0.4, -0.2) is 23.6 Å². The lowest BCUT2D eigenvalue weighted by Gasteiger charge is -2.07. The lowest BCUT2D eigenvalue weighted by Crippen LogP contribution is -2.32. The zero-order valence-electron chi connectivity index (χ0n) is 9.89. The van der Waals surface area contributed by atoms with Gasteiger partial charge in [-0.25, -0.2) is 0 Å². The van der Waals surface area contributed by atoms with Gasteiger partial charge in [0.2, 0.25) is 5.91 Å².